The number of nitrogens with zero attached hydrogens (tertiary/aromatic N) is 2. The zero-order valence-corrected chi connectivity index (χ0v) is 12.3. The van der Waals surface area contributed by atoms with Crippen LogP contribution in [0.1, 0.15) is 10.4 Å². The van der Waals surface area contributed by atoms with Crippen molar-refractivity contribution in [1.82, 2.24) is 9.78 Å². The third-order valence-electron chi connectivity index (χ3n) is 2.96. The van der Waals surface area contributed by atoms with Crippen molar-refractivity contribution in [2.75, 3.05) is 26.6 Å². The van der Waals surface area contributed by atoms with Gasteiger partial charge in [-0.25, -0.2) is 4.79 Å². The molecule has 0 aliphatic rings. The first kappa shape index (κ1) is 14.7. The van der Waals surface area contributed by atoms with Crippen molar-refractivity contribution < 1.29 is 19.0 Å². The van der Waals surface area contributed by atoms with E-state index in [-0.39, 0.29) is 0 Å². The highest BCUT2D eigenvalue weighted by Gasteiger charge is 2.17. The minimum atomic E-state index is -0.458. The number of methoxy groups -OCH3 is 3. The number of nitrogens with one attached hydrogen (secondary N) is 1. The highest BCUT2D eigenvalue weighted by molar-refractivity contribution is 5.95. The molecule has 1 aromatic carbocycles. The number of carbonyl (C=O) groups excluding carboxylic acids is 1. The number of rotatable bonds is 5. The van der Waals surface area contributed by atoms with E-state index in [1.54, 1.807) is 44.1 Å². The summed E-state index contributed by atoms with van der Waals surface area (Å²) in [5.74, 6) is 1.34. The van der Waals surface area contributed by atoms with Gasteiger partial charge in [-0.2, -0.15) is 5.10 Å². The number of hydrogen-bond acceptors (Lipinski definition) is 6. The molecule has 1 N–H and O–H groups in total. The van der Waals surface area contributed by atoms with Crippen LogP contribution in [0.5, 0.6) is 11.5 Å². The van der Waals surface area contributed by atoms with Crippen molar-refractivity contribution in [2.45, 2.75) is 0 Å². The van der Waals surface area contributed by atoms with Crippen molar-refractivity contribution in [3.8, 4) is 11.5 Å². The van der Waals surface area contributed by atoms with Gasteiger partial charge in [0.15, 0.2) is 0 Å². The van der Waals surface area contributed by atoms with Crippen molar-refractivity contribution >= 4 is 17.5 Å². The monoisotopic (exact) mass is 291 g/mol. The molecule has 0 saturated heterocycles. The van der Waals surface area contributed by atoms with Crippen LogP contribution in [-0.2, 0) is 11.8 Å². The zero-order valence-electron chi connectivity index (χ0n) is 12.3. The number of hydrogen-bond donors (Lipinski definition) is 1. The van der Waals surface area contributed by atoms with E-state index >= 15 is 0 Å². The maximum absolute atomic E-state index is 11.7. The maximum Gasteiger partial charge on any atom is 0.343 e. The fraction of sp³-hybridized carbons (Fsp3) is 0.286. The average Bonchev–Trinajstić information content (AvgIpc) is 2.87. The summed E-state index contributed by atoms with van der Waals surface area (Å²) in [5, 5.41) is 7.18. The molecule has 7 nitrogen and oxygen atoms in total. The van der Waals surface area contributed by atoms with Gasteiger partial charge in [-0.05, 0) is 0 Å². The summed E-state index contributed by atoms with van der Waals surface area (Å²) >= 11 is 0. The van der Waals surface area contributed by atoms with E-state index in [2.05, 4.69) is 10.4 Å². The number of aromatic nitrogens is 2. The number of aryl methyl sites for hydroxylation is 1. The second kappa shape index (κ2) is 6.17. The van der Waals surface area contributed by atoms with Crippen molar-refractivity contribution in [1.29, 1.82) is 0 Å². The summed E-state index contributed by atoms with van der Waals surface area (Å²) in [6.45, 7) is 0. The lowest BCUT2D eigenvalue weighted by atomic mass is 10.2. The first-order valence-electron chi connectivity index (χ1n) is 6.19. The minimum Gasteiger partial charge on any atom is -0.497 e. The zero-order chi connectivity index (χ0) is 15.4. The van der Waals surface area contributed by atoms with Crippen LogP contribution in [0, 0.1) is 0 Å². The number of carbonyl (C=O) groups is 1. The van der Waals surface area contributed by atoms with Crippen molar-refractivity contribution in [3.63, 3.8) is 0 Å². The molecule has 0 saturated carbocycles. The number of esters is 1. The lowest BCUT2D eigenvalue weighted by Gasteiger charge is -2.12. The molecule has 0 aliphatic heterocycles. The van der Waals surface area contributed by atoms with Crippen LogP contribution >= 0.6 is 0 Å². The molecule has 21 heavy (non-hydrogen) atoms. The topological polar surface area (TPSA) is 74.6 Å². The van der Waals surface area contributed by atoms with Crippen LogP contribution in [0.15, 0.2) is 24.4 Å². The van der Waals surface area contributed by atoms with E-state index in [0.29, 0.717) is 28.6 Å². The fourth-order valence-electron chi connectivity index (χ4n) is 1.86. The maximum atomic E-state index is 11.7. The third-order valence-corrected chi connectivity index (χ3v) is 2.96. The van der Waals surface area contributed by atoms with Crippen LogP contribution in [-0.4, -0.2) is 37.1 Å². The molecular formula is C14H17N3O4. The Bertz CT molecular complexity index is 629. The normalized spacial score (nSPS) is 10.1. The van der Waals surface area contributed by atoms with Crippen LogP contribution in [0.3, 0.4) is 0 Å². The Kier molecular flexibility index (Phi) is 4.32. The van der Waals surface area contributed by atoms with E-state index in [1.165, 1.54) is 13.3 Å². The Morgan fingerprint density at radius 3 is 2.29 bits per heavy atom. The highest BCUT2D eigenvalue weighted by atomic mass is 16.5. The molecule has 0 bridgehead atoms. The summed E-state index contributed by atoms with van der Waals surface area (Å²) in [7, 11) is 6.20. The van der Waals surface area contributed by atoms with Gasteiger partial charge in [0.1, 0.15) is 22.9 Å². The van der Waals surface area contributed by atoms with Crippen molar-refractivity contribution in [3.05, 3.63) is 30.0 Å². The molecule has 7 heteroatoms. The molecule has 1 heterocycles. The third kappa shape index (κ3) is 3.07. The van der Waals surface area contributed by atoms with E-state index in [0.717, 1.165) is 0 Å². The van der Waals surface area contributed by atoms with Gasteiger partial charge >= 0.3 is 5.97 Å². The fourth-order valence-corrected chi connectivity index (χ4v) is 1.86. The van der Waals surface area contributed by atoms with Gasteiger partial charge < -0.3 is 19.5 Å². The summed E-state index contributed by atoms with van der Waals surface area (Å²) in [6.07, 6.45) is 1.45. The molecule has 1 aromatic heterocycles. The van der Waals surface area contributed by atoms with Crippen molar-refractivity contribution in [2.24, 2.45) is 7.05 Å². The van der Waals surface area contributed by atoms with E-state index < -0.39 is 5.97 Å². The molecule has 0 radical (unpaired) electrons. The van der Waals surface area contributed by atoms with Gasteiger partial charge in [0.05, 0.1) is 27.5 Å². The first-order chi connectivity index (χ1) is 10.1. The summed E-state index contributed by atoms with van der Waals surface area (Å²) < 4.78 is 16.7. The van der Waals surface area contributed by atoms with Gasteiger partial charge in [-0.1, -0.05) is 0 Å². The van der Waals surface area contributed by atoms with Crippen LogP contribution in [0.2, 0.25) is 0 Å². The van der Waals surface area contributed by atoms with Gasteiger partial charge in [-0.15, -0.1) is 0 Å². The highest BCUT2D eigenvalue weighted by Crippen LogP contribution is 2.29. The average molecular weight is 291 g/mol. The summed E-state index contributed by atoms with van der Waals surface area (Å²) in [5.41, 5.74) is 1.06. The first-order valence-corrected chi connectivity index (χ1v) is 6.19. The lowest BCUT2D eigenvalue weighted by Crippen LogP contribution is -2.07. The lowest BCUT2D eigenvalue weighted by molar-refractivity contribution is 0.0602. The predicted molar refractivity (Wildman–Crippen MR) is 77.4 cm³/mol. The smallest absolute Gasteiger partial charge is 0.343 e. The minimum absolute atomic E-state index is 0.349. The van der Waals surface area contributed by atoms with Gasteiger partial charge in [0.25, 0.3) is 0 Å². The molecule has 2 rings (SSSR count). The van der Waals surface area contributed by atoms with Crippen LogP contribution in [0.4, 0.5) is 11.5 Å². The van der Waals surface area contributed by atoms with Crippen LogP contribution < -0.4 is 14.8 Å². The molecular weight excluding hydrogens is 274 g/mol. The molecule has 0 spiro atoms. The molecule has 0 unspecified atom stereocenters. The second-order valence-electron chi connectivity index (χ2n) is 4.25. The Hall–Kier alpha value is -2.70. The number of ether oxygens (including phenoxy) is 3. The molecule has 0 aliphatic carbocycles. The molecule has 0 amide bonds. The Labute approximate surface area is 122 Å². The molecule has 0 fully saturated rings. The number of anilines is 2. The Morgan fingerprint density at radius 2 is 1.76 bits per heavy atom. The predicted octanol–water partition coefficient (Wildman–Crippen LogP) is 1.97. The summed E-state index contributed by atoms with van der Waals surface area (Å²) in [4.78, 5) is 11.7. The Morgan fingerprint density at radius 1 is 1.14 bits per heavy atom. The van der Waals surface area contributed by atoms with E-state index in [1.807, 2.05) is 0 Å². The Balaban J connectivity index is 2.38. The SMILES string of the molecule is COC(=O)c1cnn(C)c1Nc1cc(OC)cc(OC)c1. The second-order valence-corrected chi connectivity index (χ2v) is 4.25. The summed E-state index contributed by atoms with van der Waals surface area (Å²) in [6, 6.07) is 5.34. The molecule has 0 atom stereocenters. The standard InChI is InChI=1S/C14H17N3O4/c1-17-13(12(8-15-17)14(18)21-4)16-9-5-10(19-2)7-11(6-9)20-3/h5-8,16H,1-4H3. The van der Waals surface area contributed by atoms with Gasteiger partial charge in [0, 0.05) is 30.9 Å². The van der Waals surface area contributed by atoms with Gasteiger partial charge in [0.2, 0.25) is 0 Å². The molecule has 2 aromatic rings. The number of benzene rings is 1. The molecule has 112 valence electrons. The van der Waals surface area contributed by atoms with Crippen LogP contribution in [0.25, 0.3) is 0 Å². The van der Waals surface area contributed by atoms with E-state index in [4.69, 9.17) is 14.2 Å². The largest absolute Gasteiger partial charge is 0.497 e. The van der Waals surface area contributed by atoms with Gasteiger partial charge in [-0.3, -0.25) is 4.68 Å². The quantitative estimate of drug-likeness (QED) is 0.849. The van der Waals surface area contributed by atoms with E-state index in [9.17, 15) is 4.79 Å².